The summed E-state index contributed by atoms with van der Waals surface area (Å²) in [5.41, 5.74) is 1.37. The summed E-state index contributed by atoms with van der Waals surface area (Å²) in [6.45, 7) is 7.97. The number of rotatable bonds is 6. The smallest absolute Gasteiger partial charge is 0.151 e. The molecule has 0 saturated heterocycles. The molecule has 0 aliphatic carbocycles. The Kier molecular flexibility index (Phi) is 4.53. The fourth-order valence-corrected chi connectivity index (χ4v) is 2.18. The largest absolute Gasteiger partial charge is 0.327 e. The molecule has 4 heteroatoms. The van der Waals surface area contributed by atoms with E-state index in [1.54, 1.807) is 6.07 Å². The summed E-state index contributed by atoms with van der Waals surface area (Å²) in [4.78, 5) is 4.46. The minimum Gasteiger partial charge on any atom is -0.327 e. The molecule has 0 spiro atoms. The first kappa shape index (κ1) is 14.0. The number of benzene rings is 1. The average Bonchev–Trinajstić information content (AvgIpc) is 2.76. The van der Waals surface area contributed by atoms with E-state index in [2.05, 4.69) is 35.6 Å². The van der Waals surface area contributed by atoms with Gasteiger partial charge in [-0.2, -0.15) is 0 Å². The predicted molar refractivity (Wildman–Crippen MR) is 76.6 cm³/mol. The molecule has 2 rings (SSSR count). The zero-order valence-electron chi connectivity index (χ0n) is 11.9. The Bertz CT molecular complexity index is 548. The Morgan fingerprint density at radius 1 is 1.37 bits per heavy atom. The third kappa shape index (κ3) is 2.95. The zero-order chi connectivity index (χ0) is 13.8. The number of nitrogens with one attached hydrogen (secondary N) is 1. The van der Waals surface area contributed by atoms with E-state index in [0.29, 0.717) is 18.1 Å². The SMILES string of the molecule is CCCn1c(CNC(C)CC)nc2c(F)cccc21. The van der Waals surface area contributed by atoms with E-state index in [1.165, 1.54) is 6.07 Å². The van der Waals surface area contributed by atoms with Gasteiger partial charge in [-0.25, -0.2) is 9.37 Å². The van der Waals surface area contributed by atoms with Crippen LogP contribution in [0.2, 0.25) is 0 Å². The van der Waals surface area contributed by atoms with E-state index < -0.39 is 0 Å². The van der Waals surface area contributed by atoms with Gasteiger partial charge in [0.25, 0.3) is 0 Å². The third-order valence-corrected chi connectivity index (χ3v) is 3.48. The molecule has 1 atom stereocenters. The summed E-state index contributed by atoms with van der Waals surface area (Å²) < 4.78 is 15.9. The first-order valence-electron chi connectivity index (χ1n) is 7.04. The minimum absolute atomic E-state index is 0.239. The number of imidazole rings is 1. The van der Waals surface area contributed by atoms with Crippen LogP contribution in [0, 0.1) is 5.82 Å². The molecule has 0 fully saturated rings. The van der Waals surface area contributed by atoms with E-state index in [-0.39, 0.29) is 5.82 Å². The van der Waals surface area contributed by atoms with Gasteiger partial charge in [0.15, 0.2) is 5.82 Å². The minimum atomic E-state index is -0.239. The van der Waals surface area contributed by atoms with Crippen LogP contribution in [-0.2, 0) is 13.1 Å². The van der Waals surface area contributed by atoms with Gasteiger partial charge in [0.05, 0.1) is 12.1 Å². The topological polar surface area (TPSA) is 29.9 Å². The van der Waals surface area contributed by atoms with E-state index >= 15 is 0 Å². The molecule has 1 unspecified atom stereocenters. The van der Waals surface area contributed by atoms with Crippen LogP contribution in [0.25, 0.3) is 11.0 Å². The highest BCUT2D eigenvalue weighted by Gasteiger charge is 2.13. The zero-order valence-corrected chi connectivity index (χ0v) is 11.9. The maximum atomic E-state index is 13.8. The highest BCUT2D eigenvalue weighted by molar-refractivity contribution is 5.76. The lowest BCUT2D eigenvalue weighted by molar-refractivity contribution is 0.508. The van der Waals surface area contributed by atoms with Crippen molar-refractivity contribution >= 4 is 11.0 Å². The van der Waals surface area contributed by atoms with Gasteiger partial charge in [-0.05, 0) is 31.9 Å². The van der Waals surface area contributed by atoms with Gasteiger partial charge in [-0.15, -0.1) is 0 Å². The van der Waals surface area contributed by atoms with Crippen molar-refractivity contribution in [3.63, 3.8) is 0 Å². The molecule has 0 aliphatic heterocycles. The van der Waals surface area contributed by atoms with Crippen molar-refractivity contribution in [2.45, 2.75) is 52.7 Å². The second-order valence-corrected chi connectivity index (χ2v) is 4.98. The van der Waals surface area contributed by atoms with E-state index in [9.17, 15) is 4.39 Å². The highest BCUT2D eigenvalue weighted by Crippen LogP contribution is 2.19. The third-order valence-electron chi connectivity index (χ3n) is 3.48. The molecule has 0 amide bonds. The summed E-state index contributed by atoms with van der Waals surface area (Å²) in [5.74, 6) is 0.680. The first-order chi connectivity index (χ1) is 9.17. The number of aryl methyl sites for hydroxylation is 1. The monoisotopic (exact) mass is 263 g/mol. The van der Waals surface area contributed by atoms with Crippen LogP contribution in [0.5, 0.6) is 0 Å². The summed E-state index contributed by atoms with van der Waals surface area (Å²) in [7, 11) is 0. The van der Waals surface area contributed by atoms with Gasteiger partial charge in [0, 0.05) is 12.6 Å². The van der Waals surface area contributed by atoms with Crippen LogP contribution >= 0.6 is 0 Å². The normalized spacial score (nSPS) is 13.1. The van der Waals surface area contributed by atoms with Crippen molar-refractivity contribution in [3.05, 3.63) is 29.8 Å². The van der Waals surface area contributed by atoms with Gasteiger partial charge >= 0.3 is 0 Å². The number of nitrogens with zero attached hydrogens (tertiary/aromatic N) is 2. The fraction of sp³-hybridized carbons (Fsp3) is 0.533. The van der Waals surface area contributed by atoms with Crippen molar-refractivity contribution in [1.82, 2.24) is 14.9 Å². The lowest BCUT2D eigenvalue weighted by Crippen LogP contribution is -2.26. The van der Waals surface area contributed by atoms with Crippen molar-refractivity contribution in [2.75, 3.05) is 0 Å². The van der Waals surface area contributed by atoms with Crippen molar-refractivity contribution in [1.29, 1.82) is 0 Å². The van der Waals surface area contributed by atoms with Crippen LogP contribution in [-0.4, -0.2) is 15.6 Å². The van der Waals surface area contributed by atoms with Crippen molar-refractivity contribution in [3.8, 4) is 0 Å². The van der Waals surface area contributed by atoms with Gasteiger partial charge < -0.3 is 9.88 Å². The number of hydrogen-bond acceptors (Lipinski definition) is 2. The van der Waals surface area contributed by atoms with Crippen LogP contribution in [0.4, 0.5) is 4.39 Å². The van der Waals surface area contributed by atoms with Crippen LogP contribution < -0.4 is 5.32 Å². The Hall–Kier alpha value is -1.42. The second-order valence-electron chi connectivity index (χ2n) is 4.98. The van der Waals surface area contributed by atoms with Crippen LogP contribution in [0.15, 0.2) is 18.2 Å². The standard InChI is InChI=1S/C15H22FN3/c1-4-9-19-13-8-6-7-12(16)15(13)18-14(19)10-17-11(3)5-2/h6-8,11,17H,4-5,9-10H2,1-3H3. The molecular formula is C15H22FN3. The van der Waals surface area contributed by atoms with Crippen LogP contribution in [0.1, 0.15) is 39.4 Å². The average molecular weight is 263 g/mol. The Morgan fingerprint density at radius 3 is 2.84 bits per heavy atom. The van der Waals surface area contributed by atoms with Crippen molar-refractivity contribution < 1.29 is 4.39 Å². The quantitative estimate of drug-likeness (QED) is 0.864. The molecule has 0 aliphatic rings. The molecule has 2 aromatic rings. The van der Waals surface area contributed by atoms with Crippen molar-refractivity contribution in [2.24, 2.45) is 0 Å². The van der Waals surface area contributed by atoms with Gasteiger partial charge in [0.2, 0.25) is 0 Å². The molecule has 1 aromatic heterocycles. The highest BCUT2D eigenvalue weighted by atomic mass is 19.1. The lowest BCUT2D eigenvalue weighted by Gasteiger charge is -2.12. The van der Waals surface area contributed by atoms with Gasteiger partial charge in [-0.1, -0.05) is 19.9 Å². The van der Waals surface area contributed by atoms with E-state index in [4.69, 9.17) is 0 Å². The summed E-state index contributed by atoms with van der Waals surface area (Å²) in [6.07, 6.45) is 2.08. The molecule has 1 heterocycles. The molecule has 104 valence electrons. The number of aromatic nitrogens is 2. The van der Waals surface area contributed by atoms with Gasteiger partial charge in [0.1, 0.15) is 11.3 Å². The summed E-state index contributed by atoms with van der Waals surface area (Å²) in [6, 6.07) is 5.60. The van der Waals surface area contributed by atoms with Crippen LogP contribution in [0.3, 0.4) is 0 Å². The van der Waals surface area contributed by atoms with E-state index in [1.807, 2.05) is 6.07 Å². The fourth-order valence-electron chi connectivity index (χ4n) is 2.18. The molecule has 1 aromatic carbocycles. The number of para-hydroxylation sites is 1. The molecule has 0 radical (unpaired) electrons. The molecular weight excluding hydrogens is 241 g/mol. The van der Waals surface area contributed by atoms with Gasteiger partial charge in [-0.3, -0.25) is 0 Å². The first-order valence-corrected chi connectivity index (χ1v) is 7.04. The molecule has 3 nitrogen and oxygen atoms in total. The molecule has 19 heavy (non-hydrogen) atoms. The van der Waals surface area contributed by atoms with E-state index in [0.717, 1.165) is 30.7 Å². The number of hydrogen-bond donors (Lipinski definition) is 1. The maximum absolute atomic E-state index is 13.8. The number of fused-ring (bicyclic) bond motifs is 1. The molecule has 1 N–H and O–H groups in total. The lowest BCUT2D eigenvalue weighted by atomic mass is 10.2. The summed E-state index contributed by atoms with van der Waals surface area (Å²) in [5, 5.41) is 3.42. The predicted octanol–water partition coefficient (Wildman–Crippen LogP) is 3.47. The number of halogens is 1. The molecule has 0 saturated carbocycles. The maximum Gasteiger partial charge on any atom is 0.151 e. The summed E-state index contributed by atoms with van der Waals surface area (Å²) >= 11 is 0. The Labute approximate surface area is 113 Å². The Morgan fingerprint density at radius 2 is 2.16 bits per heavy atom. The Balaban J connectivity index is 2.36. The molecule has 0 bridgehead atoms. The second kappa shape index (κ2) is 6.15.